The van der Waals surface area contributed by atoms with Crippen molar-refractivity contribution in [3.8, 4) is 11.4 Å². The summed E-state index contributed by atoms with van der Waals surface area (Å²) in [5.74, 6) is 0.163. The van der Waals surface area contributed by atoms with E-state index in [1.54, 1.807) is 48.1 Å². The fourth-order valence-corrected chi connectivity index (χ4v) is 4.43. The van der Waals surface area contributed by atoms with Crippen LogP contribution in [0.4, 0.5) is 10.1 Å². The molecule has 2 N–H and O–H groups in total. The van der Waals surface area contributed by atoms with Gasteiger partial charge >= 0.3 is 0 Å². The average Bonchev–Trinajstić information content (AvgIpc) is 3.30. The molecule has 2 amide bonds. The van der Waals surface area contributed by atoms with Gasteiger partial charge in [0.25, 0.3) is 5.91 Å². The van der Waals surface area contributed by atoms with Gasteiger partial charge in [-0.3, -0.25) is 14.2 Å². The molecular formula is C27H26FN5O3S. The lowest BCUT2D eigenvalue weighted by molar-refractivity contribution is -0.113. The number of aryl methyl sites for hydroxylation is 2. The topological polar surface area (TPSA) is 98.1 Å². The first kappa shape index (κ1) is 25.9. The molecule has 0 saturated carbocycles. The quantitative estimate of drug-likeness (QED) is 0.311. The molecule has 0 aliphatic rings. The molecule has 0 radical (unpaired) electrons. The Kier molecular flexibility index (Phi) is 8.19. The molecule has 3 aromatic carbocycles. The van der Waals surface area contributed by atoms with Crippen LogP contribution in [0, 0.1) is 19.7 Å². The van der Waals surface area contributed by atoms with Gasteiger partial charge in [-0.05, 0) is 67.9 Å². The molecule has 0 aliphatic heterocycles. The molecule has 0 atom stereocenters. The van der Waals surface area contributed by atoms with Gasteiger partial charge in [0.15, 0.2) is 11.0 Å². The Morgan fingerprint density at radius 1 is 1.03 bits per heavy atom. The number of nitrogens with zero attached hydrogens (tertiary/aromatic N) is 3. The zero-order valence-corrected chi connectivity index (χ0v) is 21.4. The van der Waals surface area contributed by atoms with Crippen molar-refractivity contribution in [2.45, 2.75) is 25.5 Å². The number of ether oxygens (including phenoxy) is 1. The van der Waals surface area contributed by atoms with Crippen LogP contribution in [0.1, 0.15) is 27.3 Å². The van der Waals surface area contributed by atoms with Gasteiger partial charge in [0.05, 0.1) is 25.1 Å². The van der Waals surface area contributed by atoms with E-state index in [0.29, 0.717) is 28.0 Å². The number of rotatable bonds is 9. The smallest absolute Gasteiger partial charge is 0.251 e. The highest BCUT2D eigenvalue weighted by molar-refractivity contribution is 7.99. The monoisotopic (exact) mass is 519 g/mol. The van der Waals surface area contributed by atoms with E-state index in [1.807, 2.05) is 32.0 Å². The molecule has 0 unspecified atom stereocenters. The number of nitrogens with one attached hydrogen (secondary N) is 2. The molecule has 0 bridgehead atoms. The maximum atomic E-state index is 14.0. The zero-order valence-electron chi connectivity index (χ0n) is 20.6. The van der Waals surface area contributed by atoms with Crippen molar-refractivity contribution in [2.24, 2.45) is 0 Å². The highest BCUT2D eigenvalue weighted by Crippen LogP contribution is 2.24. The minimum atomic E-state index is -0.428. The van der Waals surface area contributed by atoms with Gasteiger partial charge in [-0.15, -0.1) is 10.2 Å². The second-order valence-corrected chi connectivity index (χ2v) is 9.22. The van der Waals surface area contributed by atoms with Crippen molar-refractivity contribution in [1.29, 1.82) is 0 Å². The molecule has 1 heterocycles. The Hall–Kier alpha value is -4.18. The third kappa shape index (κ3) is 6.53. The molecule has 1 aromatic heterocycles. The Labute approximate surface area is 218 Å². The molecular weight excluding hydrogens is 493 g/mol. The fourth-order valence-electron chi connectivity index (χ4n) is 3.66. The second kappa shape index (κ2) is 11.7. The van der Waals surface area contributed by atoms with Crippen LogP contribution in [0.2, 0.25) is 0 Å². The number of aromatic nitrogens is 3. The van der Waals surface area contributed by atoms with Crippen molar-refractivity contribution in [2.75, 3.05) is 18.2 Å². The SMILES string of the molecule is COc1ccc(C(=O)NCc2nnc(SCC(=O)Nc3ccc(C)cc3C)n2-c2cccc(F)c2)cc1. The average molecular weight is 520 g/mol. The fraction of sp³-hybridized carbons (Fsp3) is 0.185. The van der Waals surface area contributed by atoms with Crippen molar-refractivity contribution >= 4 is 29.3 Å². The lowest BCUT2D eigenvalue weighted by Crippen LogP contribution is -2.24. The third-order valence-electron chi connectivity index (χ3n) is 5.51. The van der Waals surface area contributed by atoms with Crippen LogP contribution in [0.5, 0.6) is 5.75 Å². The van der Waals surface area contributed by atoms with E-state index in [9.17, 15) is 14.0 Å². The van der Waals surface area contributed by atoms with Gasteiger partial charge in [-0.2, -0.15) is 0 Å². The normalized spacial score (nSPS) is 10.7. The van der Waals surface area contributed by atoms with Gasteiger partial charge in [0, 0.05) is 11.3 Å². The van der Waals surface area contributed by atoms with E-state index in [1.165, 1.54) is 23.9 Å². The molecule has 0 fully saturated rings. The number of methoxy groups -OCH3 is 1. The first-order valence-electron chi connectivity index (χ1n) is 11.5. The van der Waals surface area contributed by atoms with Crippen molar-refractivity contribution in [3.63, 3.8) is 0 Å². The number of hydrogen-bond donors (Lipinski definition) is 2. The van der Waals surface area contributed by atoms with Crippen LogP contribution in [-0.2, 0) is 11.3 Å². The van der Waals surface area contributed by atoms with E-state index >= 15 is 0 Å². The van der Waals surface area contributed by atoms with Crippen LogP contribution in [-0.4, -0.2) is 39.4 Å². The largest absolute Gasteiger partial charge is 0.497 e. The molecule has 190 valence electrons. The lowest BCUT2D eigenvalue weighted by atomic mass is 10.1. The highest BCUT2D eigenvalue weighted by Gasteiger charge is 2.18. The minimum Gasteiger partial charge on any atom is -0.497 e. The summed E-state index contributed by atoms with van der Waals surface area (Å²) in [5, 5.41) is 14.5. The van der Waals surface area contributed by atoms with Crippen molar-refractivity contribution in [3.05, 3.63) is 95.1 Å². The number of anilines is 1. The first-order chi connectivity index (χ1) is 17.8. The highest BCUT2D eigenvalue weighted by atomic mass is 32.2. The lowest BCUT2D eigenvalue weighted by Gasteiger charge is -2.12. The molecule has 10 heteroatoms. The molecule has 4 aromatic rings. The van der Waals surface area contributed by atoms with E-state index in [2.05, 4.69) is 20.8 Å². The number of amides is 2. The van der Waals surface area contributed by atoms with Crippen molar-refractivity contribution < 1.29 is 18.7 Å². The molecule has 0 aliphatic carbocycles. The Balaban J connectivity index is 1.50. The minimum absolute atomic E-state index is 0.0453. The van der Waals surface area contributed by atoms with Crippen LogP contribution in [0.3, 0.4) is 0 Å². The van der Waals surface area contributed by atoms with Gasteiger partial charge < -0.3 is 15.4 Å². The summed E-state index contributed by atoms with van der Waals surface area (Å²) in [6.07, 6.45) is 0. The van der Waals surface area contributed by atoms with Crippen LogP contribution in [0.15, 0.2) is 71.9 Å². The summed E-state index contributed by atoms with van der Waals surface area (Å²) in [5.41, 5.74) is 3.76. The summed E-state index contributed by atoms with van der Waals surface area (Å²) in [6, 6.07) is 18.5. The second-order valence-electron chi connectivity index (χ2n) is 8.28. The summed E-state index contributed by atoms with van der Waals surface area (Å²) in [7, 11) is 1.55. The molecule has 0 spiro atoms. The Morgan fingerprint density at radius 2 is 1.81 bits per heavy atom. The number of benzene rings is 3. The molecule has 0 saturated heterocycles. The number of carbonyl (C=O) groups excluding carboxylic acids is 2. The number of thioether (sulfide) groups is 1. The van der Waals surface area contributed by atoms with Crippen LogP contribution >= 0.6 is 11.8 Å². The summed E-state index contributed by atoms with van der Waals surface area (Å²) in [4.78, 5) is 25.3. The van der Waals surface area contributed by atoms with Gasteiger partial charge in [0.2, 0.25) is 5.91 Å². The van der Waals surface area contributed by atoms with Gasteiger partial charge in [0.1, 0.15) is 11.6 Å². The van der Waals surface area contributed by atoms with E-state index in [-0.39, 0.29) is 24.1 Å². The molecule has 37 heavy (non-hydrogen) atoms. The maximum Gasteiger partial charge on any atom is 0.251 e. The predicted molar refractivity (Wildman–Crippen MR) is 141 cm³/mol. The van der Waals surface area contributed by atoms with E-state index < -0.39 is 5.82 Å². The predicted octanol–water partition coefficient (Wildman–Crippen LogP) is 4.69. The summed E-state index contributed by atoms with van der Waals surface area (Å²) in [6.45, 7) is 3.97. The van der Waals surface area contributed by atoms with Crippen LogP contribution in [0.25, 0.3) is 5.69 Å². The Morgan fingerprint density at radius 3 is 2.51 bits per heavy atom. The number of carbonyl (C=O) groups is 2. The van der Waals surface area contributed by atoms with Crippen LogP contribution < -0.4 is 15.4 Å². The molecule has 4 rings (SSSR count). The van der Waals surface area contributed by atoms with Gasteiger partial charge in [-0.25, -0.2) is 4.39 Å². The zero-order chi connectivity index (χ0) is 26.4. The maximum absolute atomic E-state index is 14.0. The number of hydrogen-bond acceptors (Lipinski definition) is 6. The van der Waals surface area contributed by atoms with E-state index in [4.69, 9.17) is 4.74 Å². The van der Waals surface area contributed by atoms with E-state index in [0.717, 1.165) is 16.8 Å². The van der Waals surface area contributed by atoms with Crippen molar-refractivity contribution in [1.82, 2.24) is 20.1 Å². The summed E-state index contributed by atoms with van der Waals surface area (Å²) >= 11 is 1.17. The first-order valence-corrected chi connectivity index (χ1v) is 12.4. The molecule has 8 nitrogen and oxygen atoms in total. The number of halogens is 1. The Bertz CT molecular complexity index is 1420. The standard InChI is InChI=1S/C27H26FN5O3S/c1-17-7-12-23(18(2)13-17)30-25(34)16-37-27-32-31-24(33(27)21-6-4-5-20(28)14-21)15-29-26(35)19-8-10-22(36-3)11-9-19/h4-14H,15-16H2,1-3H3,(H,29,35)(H,30,34). The third-order valence-corrected chi connectivity index (χ3v) is 6.44. The summed E-state index contributed by atoms with van der Waals surface area (Å²) < 4.78 is 20.8. The van der Waals surface area contributed by atoms with Gasteiger partial charge in [-0.1, -0.05) is 35.5 Å².